The lowest BCUT2D eigenvalue weighted by Gasteiger charge is -2.15. The number of hydrogen-bond donors (Lipinski definition) is 1. The molecule has 0 amide bonds. The average molecular weight is 429 g/mol. The molecule has 0 bridgehead atoms. The molecule has 2 heterocycles. The number of imidazole rings is 1. The number of hydrogen-bond acceptors (Lipinski definition) is 5. The van der Waals surface area contributed by atoms with Gasteiger partial charge in [-0.3, -0.25) is 9.78 Å². The van der Waals surface area contributed by atoms with E-state index in [1.54, 1.807) is 6.92 Å². The first kappa shape index (κ1) is 21.5. The van der Waals surface area contributed by atoms with Gasteiger partial charge in [-0.25, -0.2) is 4.98 Å². The maximum absolute atomic E-state index is 12.6. The van der Waals surface area contributed by atoms with Crippen molar-refractivity contribution >= 4 is 16.8 Å². The summed E-state index contributed by atoms with van der Waals surface area (Å²) >= 11 is 0. The van der Waals surface area contributed by atoms with Crippen molar-refractivity contribution in [2.45, 2.75) is 33.1 Å². The van der Waals surface area contributed by atoms with Crippen LogP contribution in [0, 0.1) is 13.8 Å². The molecule has 160 valence electrons. The van der Waals surface area contributed by atoms with Gasteiger partial charge in [0.25, 0.3) is 0 Å². The summed E-state index contributed by atoms with van der Waals surface area (Å²) in [7, 11) is 0. The topological polar surface area (TPSA) is 77.1 Å². The number of benzene rings is 1. The first-order valence-electron chi connectivity index (χ1n) is 8.66. The van der Waals surface area contributed by atoms with Gasteiger partial charge in [-0.15, -0.1) is 0 Å². The molecular weight excluding hydrogens is 413 g/mol. The van der Waals surface area contributed by atoms with Crippen molar-refractivity contribution in [3.05, 3.63) is 47.0 Å². The van der Waals surface area contributed by atoms with Crippen LogP contribution in [0.4, 0.5) is 22.0 Å². The van der Waals surface area contributed by atoms with E-state index in [0.29, 0.717) is 16.6 Å². The number of ketones is 1. The van der Waals surface area contributed by atoms with E-state index in [-0.39, 0.29) is 35.0 Å². The second-order valence-corrected chi connectivity index (χ2v) is 6.49. The molecule has 3 aromatic rings. The first-order chi connectivity index (χ1) is 14.0. The lowest BCUT2D eigenvalue weighted by Crippen LogP contribution is -2.20. The zero-order valence-electron chi connectivity index (χ0n) is 15.8. The summed E-state index contributed by atoms with van der Waals surface area (Å²) in [5, 5.41) is 0. The largest absolute Gasteiger partial charge is 0.483 e. The van der Waals surface area contributed by atoms with Gasteiger partial charge in [-0.1, -0.05) is 0 Å². The van der Waals surface area contributed by atoms with E-state index in [2.05, 4.69) is 19.7 Å². The highest BCUT2D eigenvalue weighted by molar-refractivity contribution is 5.97. The highest BCUT2D eigenvalue weighted by atomic mass is 19.4. The second kappa shape index (κ2) is 8.25. The van der Waals surface area contributed by atoms with Crippen LogP contribution in [0.1, 0.15) is 27.4 Å². The van der Waals surface area contributed by atoms with Crippen LogP contribution in [0.25, 0.3) is 11.0 Å². The SMILES string of the molecule is Cc1cnc(CC(=O)c2nc3cc(OC(F)F)ccc3[nH]2)c(C)c1OCC(F)(F)F. The summed E-state index contributed by atoms with van der Waals surface area (Å²) < 4.78 is 71.3. The number of fused-ring (bicyclic) bond motifs is 1. The normalized spacial score (nSPS) is 11.9. The Labute approximate surface area is 167 Å². The Morgan fingerprint density at radius 1 is 1.23 bits per heavy atom. The van der Waals surface area contributed by atoms with E-state index in [0.717, 1.165) is 0 Å². The number of aryl methyl sites for hydroxylation is 1. The molecule has 0 spiro atoms. The van der Waals surface area contributed by atoms with Crippen LogP contribution in [0.15, 0.2) is 24.4 Å². The van der Waals surface area contributed by atoms with E-state index in [4.69, 9.17) is 4.74 Å². The number of carbonyl (C=O) groups is 1. The second-order valence-electron chi connectivity index (χ2n) is 6.49. The Kier molecular flexibility index (Phi) is 5.90. The third-order valence-corrected chi connectivity index (χ3v) is 4.20. The predicted molar refractivity (Wildman–Crippen MR) is 96.0 cm³/mol. The van der Waals surface area contributed by atoms with Gasteiger partial charge in [0.2, 0.25) is 5.78 Å². The van der Waals surface area contributed by atoms with E-state index < -0.39 is 25.2 Å². The third kappa shape index (κ3) is 5.02. The fraction of sp³-hybridized carbons (Fsp3) is 0.316. The smallest absolute Gasteiger partial charge is 0.422 e. The highest BCUT2D eigenvalue weighted by Crippen LogP contribution is 2.28. The number of rotatable bonds is 7. The van der Waals surface area contributed by atoms with Crippen molar-refractivity contribution in [3.63, 3.8) is 0 Å². The van der Waals surface area contributed by atoms with E-state index in [1.807, 2.05) is 0 Å². The fourth-order valence-corrected chi connectivity index (χ4v) is 2.84. The van der Waals surface area contributed by atoms with Gasteiger partial charge in [0.15, 0.2) is 12.4 Å². The summed E-state index contributed by atoms with van der Waals surface area (Å²) in [5.41, 5.74) is 1.64. The third-order valence-electron chi connectivity index (χ3n) is 4.20. The van der Waals surface area contributed by atoms with Crippen LogP contribution < -0.4 is 9.47 Å². The minimum Gasteiger partial charge on any atom is -0.483 e. The van der Waals surface area contributed by atoms with Gasteiger partial charge in [0.1, 0.15) is 11.5 Å². The number of nitrogens with one attached hydrogen (secondary N) is 1. The number of ether oxygens (including phenoxy) is 2. The van der Waals surface area contributed by atoms with E-state index >= 15 is 0 Å². The minimum atomic E-state index is -4.50. The molecule has 2 aromatic heterocycles. The van der Waals surface area contributed by atoms with Gasteiger partial charge in [-0.05, 0) is 26.0 Å². The van der Waals surface area contributed by atoms with Crippen molar-refractivity contribution < 1.29 is 36.2 Å². The molecule has 0 aliphatic carbocycles. The van der Waals surface area contributed by atoms with Gasteiger partial charge < -0.3 is 14.5 Å². The molecule has 6 nitrogen and oxygen atoms in total. The average Bonchev–Trinajstić information content (AvgIpc) is 3.06. The number of aromatic amines is 1. The Morgan fingerprint density at radius 2 is 1.97 bits per heavy atom. The Morgan fingerprint density at radius 3 is 2.63 bits per heavy atom. The summed E-state index contributed by atoms with van der Waals surface area (Å²) in [4.78, 5) is 23.6. The molecule has 1 aromatic carbocycles. The minimum absolute atomic E-state index is 0.0171. The number of carbonyl (C=O) groups excluding carboxylic acids is 1. The molecule has 0 atom stereocenters. The van der Waals surface area contributed by atoms with Crippen molar-refractivity contribution in [1.82, 2.24) is 15.0 Å². The highest BCUT2D eigenvalue weighted by Gasteiger charge is 2.29. The zero-order valence-corrected chi connectivity index (χ0v) is 15.8. The Bertz CT molecular complexity index is 1080. The van der Waals surface area contributed by atoms with Crippen molar-refractivity contribution in [2.75, 3.05) is 6.61 Å². The van der Waals surface area contributed by atoms with Gasteiger partial charge in [-0.2, -0.15) is 22.0 Å². The summed E-state index contributed by atoms with van der Waals surface area (Å²) in [5.74, 6) is -0.614. The van der Waals surface area contributed by atoms with Crippen molar-refractivity contribution in [3.8, 4) is 11.5 Å². The zero-order chi connectivity index (χ0) is 22.1. The maximum atomic E-state index is 12.6. The number of pyridine rings is 1. The van der Waals surface area contributed by atoms with Crippen LogP contribution in [-0.2, 0) is 6.42 Å². The lowest BCUT2D eigenvalue weighted by molar-refractivity contribution is -0.153. The monoisotopic (exact) mass is 429 g/mol. The van der Waals surface area contributed by atoms with Crippen LogP contribution in [0.5, 0.6) is 11.5 Å². The number of alkyl halides is 5. The Balaban J connectivity index is 1.81. The van der Waals surface area contributed by atoms with Gasteiger partial charge >= 0.3 is 12.8 Å². The van der Waals surface area contributed by atoms with Crippen LogP contribution >= 0.6 is 0 Å². The van der Waals surface area contributed by atoms with Gasteiger partial charge in [0, 0.05) is 23.4 Å². The summed E-state index contributed by atoms with van der Waals surface area (Å²) in [6, 6.07) is 4.00. The van der Waals surface area contributed by atoms with Gasteiger partial charge in [0.05, 0.1) is 23.1 Å². The Hall–Kier alpha value is -3.24. The molecule has 0 fully saturated rings. The number of nitrogens with zero attached hydrogens (tertiary/aromatic N) is 2. The first-order valence-corrected chi connectivity index (χ1v) is 8.66. The summed E-state index contributed by atoms with van der Waals surface area (Å²) in [6.45, 7) is -1.39. The molecule has 11 heteroatoms. The molecule has 0 aliphatic rings. The summed E-state index contributed by atoms with van der Waals surface area (Å²) in [6.07, 6.45) is -3.41. The molecule has 30 heavy (non-hydrogen) atoms. The molecular formula is C19H16F5N3O3. The number of Topliss-reactive ketones (excluding diaryl/α,β-unsaturated/α-hetero) is 1. The molecule has 0 saturated heterocycles. The van der Waals surface area contributed by atoms with Crippen molar-refractivity contribution in [2.24, 2.45) is 0 Å². The predicted octanol–water partition coefficient (Wildman–Crippen LogP) is 4.54. The molecule has 0 saturated carbocycles. The molecule has 0 unspecified atom stereocenters. The molecule has 0 radical (unpaired) electrons. The molecule has 0 aliphatic heterocycles. The molecule has 1 N–H and O–H groups in total. The molecule has 3 rings (SSSR count). The number of halogens is 5. The quantitative estimate of drug-likeness (QED) is 0.441. The standard InChI is InChI=1S/C19H16F5N3O3/c1-9-7-25-13(10(2)16(9)29-8-19(22,23)24)6-15(28)17-26-12-4-3-11(30-18(20)21)5-14(12)27-17/h3-5,7,18H,6,8H2,1-2H3,(H,26,27). The van der Waals surface area contributed by atoms with Crippen molar-refractivity contribution in [1.29, 1.82) is 0 Å². The van der Waals surface area contributed by atoms with Crippen LogP contribution in [0.2, 0.25) is 0 Å². The van der Waals surface area contributed by atoms with E-state index in [9.17, 15) is 26.7 Å². The number of aromatic nitrogens is 3. The van der Waals surface area contributed by atoms with Crippen LogP contribution in [-0.4, -0.2) is 40.1 Å². The van der Waals surface area contributed by atoms with Crippen LogP contribution in [0.3, 0.4) is 0 Å². The lowest BCUT2D eigenvalue weighted by atomic mass is 10.1. The maximum Gasteiger partial charge on any atom is 0.422 e. The van der Waals surface area contributed by atoms with E-state index in [1.165, 1.54) is 31.3 Å². The fourth-order valence-electron chi connectivity index (χ4n) is 2.84. The number of H-pyrrole nitrogens is 1.